The van der Waals surface area contributed by atoms with Gasteiger partial charge in [0.25, 0.3) is 0 Å². The second-order valence-electron chi connectivity index (χ2n) is 4.85. The molecule has 1 aliphatic carbocycles. The number of hydrazine groups is 1. The molecule has 106 valence electrons. The van der Waals surface area contributed by atoms with Gasteiger partial charge in [-0.2, -0.15) is 15.0 Å². The van der Waals surface area contributed by atoms with Crippen LogP contribution in [0.2, 0.25) is 0 Å². The maximum atomic E-state index is 5.37. The van der Waals surface area contributed by atoms with Crippen LogP contribution in [0.25, 0.3) is 0 Å². The van der Waals surface area contributed by atoms with Crippen molar-refractivity contribution in [2.24, 2.45) is 11.8 Å². The molecule has 1 fully saturated rings. The van der Waals surface area contributed by atoms with Gasteiger partial charge in [0.1, 0.15) is 0 Å². The molecular formula is C12H22N6O. The molecule has 7 heteroatoms. The van der Waals surface area contributed by atoms with Crippen molar-refractivity contribution in [1.82, 2.24) is 15.0 Å². The van der Waals surface area contributed by atoms with Gasteiger partial charge in [-0.25, -0.2) is 5.84 Å². The summed E-state index contributed by atoms with van der Waals surface area (Å²) in [7, 11) is 1.99. The Kier molecular flexibility index (Phi) is 4.73. The van der Waals surface area contributed by atoms with Crippen LogP contribution in [0.1, 0.15) is 32.6 Å². The number of ether oxygens (including phenoxy) is 1. The molecule has 0 saturated heterocycles. The molecule has 0 bridgehead atoms. The van der Waals surface area contributed by atoms with Crippen molar-refractivity contribution < 1.29 is 4.74 Å². The number of rotatable bonds is 6. The maximum Gasteiger partial charge on any atom is 0.323 e. The summed E-state index contributed by atoms with van der Waals surface area (Å²) >= 11 is 0. The summed E-state index contributed by atoms with van der Waals surface area (Å²) in [6.45, 7) is 3.36. The molecule has 2 rings (SSSR count). The first-order valence-electron chi connectivity index (χ1n) is 6.79. The topological polar surface area (TPSA) is 89.2 Å². The van der Waals surface area contributed by atoms with E-state index in [0.717, 1.165) is 12.5 Å². The molecule has 0 aromatic carbocycles. The first-order chi connectivity index (χ1) is 9.22. The first kappa shape index (κ1) is 13.8. The van der Waals surface area contributed by atoms with Gasteiger partial charge in [0, 0.05) is 13.6 Å². The van der Waals surface area contributed by atoms with Gasteiger partial charge in [-0.15, -0.1) is 0 Å². The molecule has 1 heterocycles. The van der Waals surface area contributed by atoms with E-state index in [9.17, 15) is 0 Å². The van der Waals surface area contributed by atoms with E-state index in [4.69, 9.17) is 10.6 Å². The standard InChI is InChI=1S/C12H22N6O/c1-3-19-12-15-10(17-13)14-11(16-12)18(2)8-9-6-4-5-7-9/h9H,3-8,13H2,1-2H3,(H,14,15,16,17). The van der Waals surface area contributed by atoms with E-state index in [1.165, 1.54) is 25.7 Å². The van der Waals surface area contributed by atoms with E-state index in [0.29, 0.717) is 24.5 Å². The fourth-order valence-electron chi connectivity index (χ4n) is 2.44. The summed E-state index contributed by atoms with van der Waals surface area (Å²) in [5.41, 5.74) is 2.45. The van der Waals surface area contributed by atoms with Crippen molar-refractivity contribution in [2.45, 2.75) is 32.6 Å². The van der Waals surface area contributed by atoms with E-state index in [1.54, 1.807) is 0 Å². The van der Waals surface area contributed by atoms with Crippen LogP contribution < -0.4 is 20.9 Å². The summed E-state index contributed by atoms with van der Waals surface area (Å²) in [4.78, 5) is 14.7. The van der Waals surface area contributed by atoms with Gasteiger partial charge in [-0.3, -0.25) is 5.43 Å². The van der Waals surface area contributed by atoms with Crippen LogP contribution in [-0.2, 0) is 0 Å². The minimum atomic E-state index is 0.304. The maximum absolute atomic E-state index is 5.37. The lowest BCUT2D eigenvalue weighted by Gasteiger charge is -2.21. The first-order valence-corrected chi connectivity index (χ1v) is 6.79. The molecule has 1 aromatic heterocycles. The molecule has 0 unspecified atom stereocenters. The van der Waals surface area contributed by atoms with E-state index in [1.807, 2.05) is 18.9 Å². The molecule has 0 atom stereocenters. The van der Waals surface area contributed by atoms with E-state index in [-0.39, 0.29) is 0 Å². The zero-order valence-corrected chi connectivity index (χ0v) is 11.6. The molecule has 0 amide bonds. The van der Waals surface area contributed by atoms with Crippen LogP contribution in [-0.4, -0.2) is 35.2 Å². The molecule has 1 aliphatic rings. The fourth-order valence-corrected chi connectivity index (χ4v) is 2.44. The Morgan fingerprint density at radius 1 is 1.32 bits per heavy atom. The van der Waals surface area contributed by atoms with E-state index < -0.39 is 0 Å². The highest BCUT2D eigenvalue weighted by Crippen LogP contribution is 2.26. The van der Waals surface area contributed by atoms with Gasteiger partial charge in [-0.1, -0.05) is 12.8 Å². The zero-order chi connectivity index (χ0) is 13.7. The highest BCUT2D eigenvalue weighted by Gasteiger charge is 2.19. The monoisotopic (exact) mass is 266 g/mol. The van der Waals surface area contributed by atoms with Crippen molar-refractivity contribution in [2.75, 3.05) is 30.5 Å². The van der Waals surface area contributed by atoms with Crippen molar-refractivity contribution in [3.05, 3.63) is 0 Å². The van der Waals surface area contributed by atoms with Gasteiger partial charge in [0.05, 0.1) is 6.61 Å². The summed E-state index contributed by atoms with van der Waals surface area (Å²) in [6, 6.07) is 0.304. The lowest BCUT2D eigenvalue weighted by molar-refractivity contribution is 0.312. The van der Waals surface area contributed by atoms with Crippen LogP contribution in [0, 0.1) is 5.92 Å². The Labute approximate surface area is 113 Å². The number of aromatic nitrogens is 3. The summed E-state index contributed by atoms with van der Waals surface area (Å²) in [5.74, 6) is 7.02. The highest BCUT2D eigenvalue weighted by molar-refractivity contribution is 5.37. The van der Waals surface area contributed by atoms with E-state index >= 15 is 0 Å². The second-order valence-corrected chi connectivity index (χ2v) is 4.85. The Hall–Kier alpha value is -1.63. The number of nitrogens with zero attached hydrogens (tertiary/aromatic N) is 4. The third kappa shape index (κ3) is 3.66. The van der Waals surface area contributed by atoms with Crippen molar-refractivity contribution >= 4 is 11.9 Å². The number of nitrogens with one attached hydrogen (secondary N) is 1. The van der Waals surface area contributed by atoms with Gasteiger partial charge in [0.15, 0.2) is 0 Å². The van der Waals surface area contributed by atoms with Crippen LogP contribution >= 0.6 is 0 Å². The molecule has 1 saturated carbocycles. The third-order valence-corrected chi connectivity index (χ3v) is 3.35. The normalized spacial score (nSPS) is 15.5. The molecule has 19 heavy (non-hydrogen) atoms. The van der Waals surface area contributed by atoms with Crippen molar-refractivity contribution in [3.8, 4) is 6.01 Å². The Bertz CT molecular complexity index is 407. The quantitative estimate of drug-likeness (QED) is 0.590. The Morgan fingerprint density at radius 3 is 2.68 bits per heavy atom. The number of hydrogen-bond donors (Lipinski definition) is 2. The predicted octanol–water partition coefficient (Wildman–Crippen LogP) is 1.18. The lowest BCUT2D eigenvalue weighted by atomic mass is 10.1. The van der Waals surface area contributed by atoms with Gasteiger partial charge < -0.3 is 9.64 Å². The van der Waals surface area contributed by atoms with E-state index in [2.05, 4.69) is 20.4 Å². The second kappa shape index (κ2) is 6.51. The minimum Gasteiger partial charge on any atom is -0.464 e. The van der Waals surface area contributed by atoms with Crippen LogP contribution in [0.5, 0.6) is 6.01 Å². The van der Waals surface area contributed by atoms with Gasteiger partial charge in [-0.05, 0) is 25.7 Å². The zero-order valence-electron chi connectivity index (χ0n) is 11.6. The number of nitrogens with two attached hydrogens (primary N) is 1. The summed E-state index contributed by atoms with van der Waals surface area (Å²) < 4.78 is 5.32. The molecule has 0 aliphatic heterocycles. The Morgan fingerprint density at radius 2 is 2.05 bits per heavy atom. The molecule has 7 nitrogen and oxygen atoms in total. The predicted molar refractivity (Wildman–Crippen MR) is 74.0 cm³/mol. The molecular weight excluding hydrogens is 244 g/mol. The molecule has 3 N–H and O–H groups in total. The lowest BCUT2D eigenvalue weighted by Crippen LogP contribution is -2.27. The van der Waals surface area contributed by atoms with Crippen LogP contribution in [0.4, 0.5) is 11.9 Å². The minimum absolute atomic E-state index is 0.304. The number of anilines is 2. The molecule has 1 aromatic rings. The summed E-state index contributed by atoms with van der Waals surface area (Å²) in [6.07, 6.45) is 5.23. The number of nitrogen functional groups attached to an aromatic ring is 1. The van der Waals surface area contributed by atoms with Gasteiger partial charge in [0.2, 0.25) is 11.9 Å². The Balaban J connectivity index is 2.09. The fraction of sp³-hybridized carbons (Fsp3) is 0.750. The smallest absolute Gasteiger partial charge is 0.323 e. The van der Waals surface area contributed by atoms with Crippen molar-refractivity contribution in [1.29, 1.82) is 0 Å². The largest absolute Gasteiger partial charge is 0.464 e. The SMILES string of the molecule is CCOc1nc(NN)nc(N(C)CC2CCCC2)n1. The highest BCUT2D eigenvalue weighted by atomic mass is 16.5. The van der Waals surface area contributed by atoms with Crippen LogP contribution in [0.15, 0.2) is 0 Å². The van der Waals surface area contributed by atoms with Crippen molar-refractivity contribution in [3.63, 3.8) is 0 Å². The summed E-state index contributed by atoms with van der Waals surface area (Å²) in [5, 5.41) is 0. The average molecular weight is 266 g/mol. The third-order valence-electron chi connectivity index (χ3n) is 3.35. The number of hydrogen-bond acceptors (Lipinski definition) is 7. The van der Waals surface area contributed by atoms with Gasteiger partial charge >= 0.3 is 6.01 Å². The molecule has 0 radical (unpaired) electrons. The van der Waals surface area contributed by atoms with Crippen LogP contribution in [0.3, 0.4) is 0 Å². The average Bonchev–Trinajstić information content (AvgIpc) is 2.91. The molecule has 0 spiro atoms.